The average molecular weight is 656 g/mol. The molecular formula is C34H38FN9O4. The molecule has 2 aromatic heterocycles. The number of aromatic nitrogens is 2. The lowest BCUT2D eigenvalue weighted by Crippen LogP contribution is -2.68. The van der Waals surface area contributed by atoms with Gasteiger partial charge < -0.3 is 25.5 Å². The number of carbonyl (C=O) groups excluding carboxylic acids is 2. The van der Waals surface area contributed by atoms with E-state index in [4.69, 9.17) is 21.1 Å². The summed E-state index contributed by atoms with van der Waals surface area (Å²) in [7, 11) is 0. The molecule has 3 aliphatic carbocycles. The number of hydrazine groups is 1. The third-order valence-corrected chi connectivity index (χ3v) is 8.71. The van der Waals surface area contributed by atoms with E-state index in [1.54, 1.807) is 24.2 Å². The van der Waals surface area contributed by atoms with Crippen molar-refractivity contribution in [3.05, 3.63) is 70.7 Å². The molecule has 3 saturated carbocycles. The van der Waals surface area contributed by atoms with Gasteiger partial charge in [-0.2, -0.15) is 14.9 Å². The van der Waals surface area contributed by atoms with Crippen LogP contribution in [0.1, 0.15) is 75.4 Å². The highest BCUT2D eigenvalue weighted by Crippen LogP contribution is 2.60. The highest BCUT2D eigenvalue weighted by Gasteiger charge is 2.59. The van der Waals surface area contributed by atoms with Crippen molar-refractivity contribution in [2.45, 2.75) is 65.5 Å². The molecule has 14 heteroatoms. The fourth-order valence-corrected chi connectivity index (χ4v) is 6.15. The first-order valence-corrected chi connectivity index (χ1v) is 15.4. The number of halogens is 1. The topological polar surface area (TPSA) is 197 Å². The average Bonchev–Trinajstić information content (AvgIpc) is 2.95. The fraction of sp³-hybridized carbons (Fsp3) is 0.412. The van der Waals surface area contributed by atoms with Crippen molar-refractivity contribution in [3.8, 4) is 12.1 Å². The number of rotatable bonds is 10. The molecule has 3 aliphatic rings. The van der Waals surface area contributed by atoms with Crippen LogP contribution in [0.3, 0.4) is 0 Å². The minimum Gasteiger partial charge on any atom is -0.428 e. The van der Waals surface area contributed by atoms with E-state index in [0.717, 1.165) is 32.3 Å². The lowest BCUT2D eigenvalue weighted by Gasteiger charge is -2.65. The van der Waals surface area contributed by atoms with Crippen LogP contribution in [0.5, 0.6) is 0 Å². The summed E-state index contributed by atoms with van der Waals surface area (Å²) >= 11 is 0. The van der Waals surface area contributed by atoms with E-state index in [2.05, 4.69) is 27.4 Å². The van der Waals surface area contributed by atoms with Gasteiger partial charge in [0.25, 0.3) is 0 Å². The Morgan fingerprint density at radius 3 is 2.44 bits per heavy atom. The Bertz CT molecular complexity index is 1880. The molecule has 6 rings (SSSR count). The van der Waals surface area contributed by atoms with Crippen LogP contribution >= 0.6 is 0 Å². The zero-order valence-corrected chi connectivity index (χ0v) is 27.5. The number of hydrogen-bond acceptors (Lipinski definition) is 12. The summed E-state index contributed by atoms with van der Waals surface area (Å²) in [5.41, 5.74) is 8.20. The van der Waals surface area contributed by atoms with Crippen LogP contribution in [0.4, 0.5) is 20.6 Å². The molecule has 0 saturated heterocycles. The van der Waals surface area contributed by atoms with Crippen LogP contribution in [-0.4, -0.2) is 45.9 Å². The minimum absolute atomic E-state index is 0.0909. The minimum atomic E-state index is -1.19. The lowest BCUT2D eigenvalue weighted by atomic mass is 9.49. The fourth-order valence-electron chi connectivity index (χ4n) is 6.15. The zero-order valence-electron chi connectivity index (χ0n) is 27.5. The second kappa shape index (κ2) is 13.0. The number of aryl methyl sites for hydroxylation is 1. The Balaban J connectivity index is 1.74. The standard InChI is InChI=1S/C34H38FN9O4/c1-19-25(6-7-28(35)42-19)31(27(38)16-43(39)34-10-21(11-34)12-34)44(32(46)48-18-47-20(2)45)24-8-22(13-36)29-26(9-24)30(23(14-37)15-40-29)41-17-33(3,4)5/h6-9,15-16,21,31H,10-12,17-18,38-39H2,1-5H3,(H,40,41)/b27-16-/t21?,31-,34?/m0/s1. The monoisotopic (exact) mass is 655 g/mol. The molecule has 48 heavy (non-hydrogen) atoms. The Hall–Kier alpha value is -5.47. The van der Waals surface area contributed by atoms with Crippen LogP contribution < -0.4 is 21.8 Å². The van der Waals surface area contributed by atoms with Gasteiger partial charge in [0.15, 0.2) is 0 Å². The van der Waals surface area contributed by atoms with Crippen LogP contribution in [0.15, 0.2) is 42.4 Å². The normalized spacial score (nSPS) is 18.8. The number of benzene rings is 1. The highest BCUT2D eigenvalue weighted by molar-refractivity contribution is 6.01. The van der Waals surface area contributed by atoms with E-state index < -0.39 is 30.8 Å². The second-order valence-electron chi connectivity index (χ2n) is 13.6. The predicted octanol–water partition coefficient (Wildman–Crippen LogP) is 5.01. The Labute approximate surface area is 277 Å². The number of pyridine rings is 2. The summed E-state index contributed by atoms with van der Waals surface area (Å²) in [5, 5.41) is 25.5. The van der Waals surface area contributed by atoms with E-state index >= 15 is 0 Å². The number of esters is 1. The maximum atomic E-state index is 14.3. The molecule has 3 aromatic rings. The smallest absolute Gasteiger partial charge is 0.418 e. The predicted molar refractivity (Wildman–Crippen MR) is 175 cm³/mol. The van der Waals surface area contributed by atoms with Crippen molar-refractivity contribution >= 4 is 34.3 Å². The molecule has 0 spiro atoms. The van der Waals surface area contributed by atoms with Crippen molar-refractivity contribution in [3.63, 3.8) is 0 Å². The van der Waals surface area contributed by atoms with Gasteiger partial charge in [-0.1, -0.05) is 26.8 Å². The van der Waals surface area contributed by atoms with Gasteiger partial charge in [0.05, 0.1) is 39.3 Å². The quantitative estimate of drug-likeness (QED) is 0.0869. The molecule has 250 valence electrons. The molecule has 2 heterocycles. The first kappa shape index (κ1) is 33.9. The van der Waals surface area contributed by atoms with Gasteiger partial charge in [0, 0.05) is 42.5 Å². The van der Waals surface area contributed by atoms with E-state index in [1.165, 1.54) is 23.2 Å². The van der Waals surface area contributed by atoms with Gasteiger partial charge in [-0.15, -0.1) is 0 Å². The van der Waals surface area contributed by atoms with Gasteiger partial charge in [-0.05, 0) is 55.7 Å². The summed E-state index contributed by atoms with van der Waals surface area (Å²) in [4.78, 5) is 35.2. The molecular weight excluding hydrogens is 617 g/mol. The summed E-state index contributed by atoms with van der Waals surface area (Å²) in [5.74, 6) is 5.72. The number of fused-ring (bicyclic) bond motifs is 1. The number of amides is 1. The summed E-state index contributed by atoms with van der Waals surface area (Å²) < 4.78 is 24.6. The molecule has 2 bridgehead atoms. The molecule has 3 fully saturated rings. The van der Waals surface area contributed by atoms with Crippen molar-refractivity contribution in [2.75, 3.05) is 23.6 Å². The van der Waals surface area contributed by atoms with Crippen LogP contribution in [-0.2, 0) is 14.3 Å². The second-order valence-corrected chi connectivity index (χ2v) is 13.6. The molecule has 0 unspecified atom stereocenters. The maximum Gasteiger partial charge on any atom is 0.418 e. The van der Waals surface area contributed by atoms with E-state index in [9.17, 15) is 24.5 Å². The first-order chi connectivity index (χ1) is 22.7. The van der Waals surface area contributed by atoms with Gasteiger partial charge >= 0.3 is 12.1 Å². The van der Waals surface area contributed by atoms with Gasteiger partial charge in [0.2, 0.25) is 12.7 Å². The number of carbonyl (C=O) groups is 2. The van der Waals surface area contributed by atoms with Crippen LogP contribution in [0.2, 0.25) is 0 Å². The molecule has 1 aromatic carbocycles. The number of ether oxygens (including phenoxy) is 2. The van der Waals surface area contributed by atoms with Crippen molar-refractivity contribution in [1.29, 1.82) is 10.5 Å². The number of nitrogens with one attached hydrogen (secondary N) is 1. The number of nitrogens with two attached hydrogens (primary N) is 2. The first-order valence-electron chi connectivity index (χ1n) is 15.4. The van der Waals surface area contributed by atoms with Crippen LogP contribution in [0.25, 0.3) is 10.9 Å². The number of nitrogens with zero attached hydrogens (tertiary/aromatic N) is 6. The molecule has 0 radical (unpaired) electrons. The maximum absolute atomic E-state index is 14.3. The largest absolute Gasteiger partial charge is 0.428 e. The third kappa shape index (κ3) is 6.66. The van der Waals surface area contributed by atoms with Crippen molar-refractivity contribution in [1.82, 2.24) is 15.0 Å². The van der Waals surface area contributed by atoms with Gasteiger partial charge in [-0.25, -0.2) is 15.6 Å². The molecule has 1 amide bonds. The Morgan fingerprint density at radius 1 is 1.19 bits per heavy atom. The summed E-state index contributed by atoms with van der Waals surface area (Å²) in [6.07, 6.45) is 4.67. The van der Waals surface area contributed by atoms with Gasteiger partial charge in [0.1, 0.15) is 18.2 Å². The van der Waals surface area contributed by atoms with E-state index in [1.807, 2.05) is 20.8 Å². The number of nitriles is 2. The SMILES string of the molecule is CC(=O)OCOC(=O)N(c1cc(C#N)c2ncc(C#N)c(NCC(C)(C)C)c2c1)[C@H](/C(N)=C/N(N)C12CC(C1)C2)c1ccc(F)nc1C. The van der Waals surface area contributed by atoms with Crippen LogP contribution in [0, 0.1) is 46.9 Å². The van der Waals surface area contributed by atoms with E-state index in [-0.39, 0.29) is 39.2 Å². The summed E-state index contributed by atoms with van der Waals surface area (Å²) in [6.45, 7) is 8.55. The number of anilines is 2. The zero-order chi connectivity index (χ0) is 35.0. The highest BCUT2D eigenvalue weighted by atomic mass is 19.1. The third-order valence-electron chi connectivity index (χ3n) is 8.71. The van der Waals surface area contributed by atoms with Crippen molar-refractivity contribution < 1.29 is 23.5 Å². The van der Waals surface area contributed by atoms with Gasteiger partial charge in [-0.3, -0.25) is 14.7 Å². The molecule has 13 nitrogen and oxygen atoms in total. The Morgan fingerprint density at radius 2 is 1.88 bits per heavy atom. The van der Waals surface area contributed by atoms with E-state index in [0.29, 0.717) is 34.6 Å². The molecule has 1 atom stereocenters. The molecule has 5 N–H and O–H groups in total. The Kier molecular flexibility index (Phi) is 9.15. The molecule has 0 aliphatic heterocycles. The lowest BCUT2D eigenvalue weighted by molar-refractivity contribution is -0.148. The number of hydrogen-bond donors (Lipinski definition) is 3. The van der Waals surface area contributed by atoms with Crippen molar-refractivity contribution in [2.24, 2.45) is 22.9 Å². The summed E-state index contributed by atoms with van der Waals surface area (Å²) in [6, 6.07) is 8.73.